The molecule has 0 aromatic heterocycles. The third-order valence-electron chi connectivity index (χ3n) is 20.9. The van der Waals surface area contributed by atoms with Crippen molar-refractivity contribution in [3.8, 4) is 23.0 Å². The van der Waals surface area contributed by atoms with E-state index in [1.54, 1.807) is 122 Å². The van der Waals surface area contributed by atoms with Crippen molar-refractivity contribution in [2.24, 2.45) is 4.99 Å². The Bertz CT molecular complexity index is 6620. The second-order valence-electron chi connectivity index (χ2n) is 30.5. The number of likely N-dealkylation sites (N-methyl/N-ethyl adjacent to an activating group) is 1. The highest BCUT2D eigenvalue weighted by molar-refractivity contribution is 6.35. The van der Waals surface area contributed by atoms with E-state index in [-0.39, 0.29) is 128 Å². The quantitative estimate of drug-likeness (QED) is 0.0116. The van der Waals surface area contributed by atoms with Gasteiger partial charge in [0.2, 0.25) is 0 Å². The van der Waals surface area contributed by atoms with E-state index in [0.29, 0.717) is 77.5 Å². The molecule has 0 aliphatic carbocycles. The number of hydrogen-bond acceptors (Lipinski definition) is 17. The van der Waals surface area contributed by atoms with Crippen molar-refractivity contribution in [2.45, 2.75) is 6.42 Å². The summed E-state index contributed by atoms with van der Waals surface area (Å²) in [6.07, 6.45) is 0.988. The van der Waals surface area contributed by atoms with Crippen molar-refractivity contribution >= 4 is 209 Å². The summed E-state index contributed by atoms with van der Waals surface area (Å²) in [6.45, 7) is 4.38. The molecule has 0 bridgehead atoms. The summed E-state index contributed by atoms with van der Waals surface area (Å²) < 4.78 is 80.5. The normalized spacial score (nSPS) is 12.0. The lowest BCUT2D eigenvalue weighted by atomic mass is 10.1. The Balaban J connectivity index is 0.000000165. The lowest BCUT2D eigenvalue weighted by molar-refractivity contribution is 0.100. The number of nitrogens with one attached hydrogen (secondary N) is 11. The average Bonchev–Trinajstić information content (AvgIpc) is 1.42. The topological polar surface area (TPSA) is 366 Å². The first kappa shape index (κ1) is 102. The van der Waals surface area contributed by atoms with Crippen molar-refractivity contribution < 1.29 is 74.9 Å². The summed E-state index contributed by atoms with van der Waals surface area (Å²) in [6, 6.07) is 53.2. The molecule has 40 heteroatoms. The van der Waals surface area contributed by atoms with Gasteiger partial charge >= 0.3 is 0 Å². The number of rotatable bonds is 24. The van der Waals surface area contributed by atoms with E-state index < -0.39 is 70.5 Å². The molecule has 2 fully saturated rings. The van der Waals surface area contributed by atoms with Crippen LogP contribution in [0.3, 0.4) is 0 Å². The van der Waals surface area contributed by atoms with Crippen LogP contribution in [0.2, 0.25) is 40.2 Å². The Hall–Kier alpha value is -14.5. The van der Waals surface area contributed by atoms with E-state index in [2.05, 4.69) is 47.5 Å². The predicted octanol–water partition coefficient (Wildman–Crippen LogP) is 21.8. The number of carbonyl (C=O) groups excluding carboxylic acids is 8. The largest absolute Gasteiger partial charge is 0.494 e. The molecular weight excluding hydrogens is 1950 g/mol. The number of amidine groups is 4. The van der Waals surface area contributed by atoms with E-state index >= 15 is 0 Å². The molecule has 15 rings (SSSR count). The maximum Gasteiger partial charge on any atom is 0.258 e. The number of methoxy groups -OCH3 is 4. The van der Waals surface area contributed by atoms with E-state index in [1.165, 1.54) is 130 Å². The van der Waals surface area contributed by atoms with Crippen LogP contribution in [0.15, 0.2) is 223 Å². The van der Waals surface area contributed by atoms with Crippen LogP contribution < -0.4 is 61.5 Å². The molecule has 0 unspecified atom stereocenters. The highest BCUT2D eigenvalue weighted by Crippen LogP contribution is 2.40. The summed E-state index contributed by atoms with van der Waals surface area (Å²) >= 11 is 48.2. The molecule has 3 aliphatic rings. The summed E-state index contributed by atoms with van der Waals surface area (Å²) in [4.78, 5) is 115. The van der Waals surface area contributed by atoms with Gasteiger partial charge in [0.15, 0.2) is 0 Å². The van der Waals surface area contributed by atoms with Gasteiger partial charge in [0, 0.05) is 163 Å². The van der Waals surface area contributed by atoms with Crippen LogP contribution in [0.25, 0.3) is 0 Å². The van der Waals surface area contributed by atoms with Crippen molar-refractivity contribution in [2.75, 3.05) is 131 Å². The number of carbonyl (C=O) groups is 8. The lowest BCUT2D eigenvalue weighted by Crippen LogP contribution is -2.42. The third kappa shape index (κ3) is 26.0. The molecule has 3 aliphatic heterocycles. The first-order valence-corrected chi connectivity index (χ1v) is 44.3. The van der Waals surface area contributed by atoms with Crippen LogP contribution >= 0.6 is 92.8 Å². The molecule has 2 saturated heterocycles. The second-order valence-corrected chi connectivity index (χ2v) is 33.9. The number of aliphatic imine (C=N–C) groups is 1. The molecule has 0 saturated carbocycles. The molecular formula is C98H82Cl8F4N16O12. The number of amides is 8. The minimum atomic E-state index is -0.818. The number of hydrogen-bond donors (Lipinski definition) is 11. The fourth-order valence-corrected chi connectivity index (χ4v) is 14.8. The maximum atomic E-state index is 14.9. The summed E-state index contributed by atoms with van der Waals surface area (Å²) in [5, 5.41) is 48.2. The zero-order valence-corrected chi connectivity index (χ0v) is 80.0. The molecule has 0 atom stereocenters. The Morgan fingerprint density at radius 2 is 0.580 bits per heavy atom. The third-order valence-corrected chi connectivity index (χ3v) is 22.7. The first-order chi connectivity index (χ1) is 65.9. The van der Waals surface area contributed by atoms with Gasteiger partial charge in [-0.25, -0.2) is 17.6 Å². The average molecular weight is 2040 g/mol. The van der Waals surface area contributed by atoms with Gasteiger partial charge in [0.05, 0.1) is 102 Å². The Morgan fingerprint density at radius 3 is 0.819 bits per heavy atom. The van der Waals surface area contributed by atoms with Crippen LogP contribution in [0.5, 0.6) is 23.0 Å². The molecule has 3 heterocycles. The SMILES string of the molecule is COc1cc(Cl)cc(C(=O)Nc2ccc(Cl)cc2)c1NC(=O)c1ccc(C(=N)N(C)C)cc1F.COc1cc(Cl)cc(C(=O)Nc2ccc(Cl)cc2)c1NC(=O)c1ccc(C(=N)N2CC2)cc1F.COc1cc(Cl)cc(C(=O)Nc2ccc(Cl)cc2)c1NC(=O)c1ccc(C(=N)N2CCC2)cc1F.COc1cc(Cl)cc(C(=O)Nc2ccc(Cl)cc2)c1NC(=O)c1ccc(C2=NCCN2C)cc1F. The number of anilines is 8. The number of nitrogens with zero attached hydrogens (tertiary/aromatic N) is 5. The van der Waals surface area contributed by atoms with Crippen molar-refractivity contribution in [3.63, 3.8) is 0 Å². The number of likely N-dealkylation sites (tertiary alicyclic amines) is 1. The number of halogens is 12. The fourth-order valence-electron chi connectivity index (χ4n) is 13.5. The zero-order valence-electron chi connectivity index (χ0n) is 73.9. The summed E-state index contributed by atoms with van der Waals surface area (Å²) in [5.41, 5.74) is 2.82. The highest BCUT2D eigenvalue weighted by atomic mass is 35.5. The van der Waals surface area contributed by atoms with Gasteiger partial charge in [-0.05, 0) is 176 Å². The van der Waals surface area contributed by atoms with E-state index in [9.17, 15) is 55.9 Å². The summed E-state index contributed by atoms with van der Waals surface area (Å²) in [7, 11) is 10.6. The molecule has 28 nitrogen and oxygen atoms in total. The standard InChI is InChI=1S/2C25H21Cl2FN4O3.C24H19Cl2FN4O3.C24H21Cl2FN4O3/c1-32-10-9-29-23(32)14-3-8-18(20(28)11-14)24(33)31-22-19(12-16(27)13-21(22)35-2)25(34)30-17-6-4-15(26)5-7-17;1-35-21-13-16(27)12-19(25(34)30-17-6-4-15(26)5-7-17)22(21)31-24(33)18-8-3-14(11-20(18)28)23(29)32-9-2-10-32;1-34-20-12-15(26)11-18(24(33)29-16-5-3-14(25)4-6-16)21(20)30-23(32)17-7-2-13(10-19(17)27)22(28)31-8-9-31;1-31(2)22(28)13-4-9-17(19(27)10-13)23(32)30-21-18(11-15(26)12-20(21)34-3)24(33)29-16-7-5-14(25)6-8-16/h3-8,11-13H,9-10H2,1-2H3,(H,30,34)(H,31,33);3-8,11-13,29H,2,9-10H2,1H3,(H,30,34)(H,31,33);2-7,10-12,28H,8-9H2,1H3,(H,29,33)(H,30,32);4-12,28H,1-3H3,(H,29,33)(H,30,32). The molecule has 12 aromatic rings. The Morgan fingerprint density at radius 1 is 0.319 bits per heavy atom. The first-order valence-electron chi connectivity index (χ1n) is 41.3. The smallest absolute Gasteiger partial charge is 0.258 e. The zero-order chi connectivity index (χ0) is 99.6. The number of ether oxygens (including phenoxy) is 4. The lowest BCUT2D eigenvalue weighted by Gasteiger charge is -2.33. The van der Waals surface area contributed by atoms with Gasteiger partial charge in [-0.3, -0.25) is 59.6 Å². The van der Waals surface area contributed by atoms with Crippen LogP contribution in [0.1, 0.15) is 112 Å². The van der Waals surface area contributed by atoms with Gasteiger partial charge in [-0.1, -0.05) is 117 Å². The van der Waals surface area contributed by atoms with Gasteiger partial charge in [0.1, 0.15) is 69.6 Å². The molecule has 12 aromatic carbocycles. The van der Waals surface area contributed by atoms with Crippen LogP contribution in [0.4, 0.5) is 63.1 Å². The molecule has 710 valence electrons. The molecule has 0 spiro atoms. The minimum Gasteiger partial charge on any atom is -0.494 e. The predicted molar refractivity (Wildman–Crippen MR) is 533 cm³/mol. The molecule has 11 N–H and O–H groups in total. The van der Waals surface area contributed by atoms with Gasteiger partial charge in [-0.2, -0.15) is 0 Å². The monoisotopic (exact) mass is 2030 g/mol. The van der Waals surface area contributed by atoms with Gasteiger partial charge in [-0.15, -0.1) is 0 Å². The van der Waals surface area contributed by atoms with Crippen molar-refractivity contribution in [1.82, 2.24) is 19.6 Å². The van der Waals surface area contributed by atoms with E-state index in [0.717, 1.165) is 57.3 Å². The fraction of sp³-hybridized carbons (Fsp3) is 0.143. The van der Waals surface area contributed by atoms with Crippen molar-refractivity contribution in [1.29, 1.82) is 16.2 Å². The van der Waals surface area contributed by atoms with Gasteiger partial charge in [0.25, 0.3) is 47.3 Å². The Labute approximate surface area is 828 Å². The maximum absolute atomic E-state index is 14.9. The van der Waals surface area contributed by atoms with Crippen LogP contribution in [-0.2, 0) is 0 Å². The van der Waals surface area contributed by atoms with E-state index in [4.69, 9.17) is 128 Å². The Kier molecular flexibility index (Phi) is 34.4. The van der Waals surface area contributed by atoms with E-state index in [1.807, 2.05) is 16.8 Å². The van der Waals surface area contributed by atoms with Crippen molar-refractivity contribution in [3.05, 3.63) is 349 Å². The summed E-state index contributed by atoms with van der Waals surface area (Å²) in [5.74, 6) is -6.83. The number of benzene rings is 12. The highest BCUT2D eigenvalue weighted by Gasteiger charge is 2.31. The minimum absolute atomic E-state index is 0.0130. The van der Waals surface area contributed by atoms with Crippen LogP contribution in [-0.4, -0.2) is 179 Å². The van der Waals surface area contributed by atoms with Gasteiger partial charge < -0.3 is 81.1 Å². The molecule has 8 amide bonds. The van der Waals surface area contributed by atoms with Crippen LogP contribution in [0, 0.1) is 39.5 Å². The molecule has 138 heavy (non-hydrogen) atoms. The second kappa shape index (κ2) is 46.4. The molecule has 0 radical (unpaired) electrons.